The SMILES string of the molecule is CC1CCC(N2C(=O)NC(=O)C3(CCC3)C2=O)C(C)C1. The van der Waals surface area contributed by atoms with Crippen LogP contribution in [0.2, 0.25) is 0 Å². The fraction of sp³-hybridized carbons (Fsp3) is 0.800. The van der Waals surface area contributed by atoms with Crippen LogP contribution in [0.4, 0.5) is 4.79 Å². The third-order valence-corrected chi connectivity index (χ3v) is 5.43. The molecule has 2 aliphatic carbocycles. The van der Waals surface area contributed by atoms with Crippen LogP contribution < -0.4 is 5.32 Å². The lowest BCUT2D eigenvalue weighted by atomic mass is 9.65. The first-order chi connectivity index (χ1) is 9.45. The number of nitrogens with one attached hydrogen (secondary N) is 1. The minimum absolute atomic E-state index is 0.0516. The molecule has 3 rings (SSSR count). The summed E-state index contributed by atoms with van der Waals surface area (Å²) in [5, 5.41) is 2.41. The number of amides is 4. The molecule has 0 aromatic carbocycles. The van der Waals surface area contributed by atoms with E-state index in [1.807, 2.05) is 0 Å². The number of hydrogen-bond acceptors (Lipinski definition) is 3. The highest BCUT2D eigenvalue weighted by molar-refractivity contribution is 6.19. The van der Waals surface area contributed by atoms with Crippen LogP contribution in [0, 0.1) is 17.3 Å². The smallest absolute Gasteiger partial charge is 0.277 e. The summed E-state index contributed by atoms with van der Waals surface area (Å²) in [5.74, 6) is 0.318. The molecule has 3 unspecified atom stereocenters. The first kappa shape index (κ1) is 13.6. The summed E-state index contributed by atoms with van der Waals surface area (Å²) < 4.78 is 0. The van der Waals surface area contributed by atoms with Crippen molar-refractivity contribution in [1.29, 1.82) is 0 Å². The van der Waals surface area contributed by atoms with Crippen LogP contribution in [-0.4, -0.2) is 28.8 Å². The van der Waals surface area contributed by atoms with Crippen molar-refractivity contribution in [3.8, 4) is 0 Å². The number of carbonyl (C=O) groups is 3. The van der Waals surface area contributed by atoms with E-state index in [9.17, 15) is 14.4 Å². The van der Waals surface area contributed by atoms with Crippen LogP contribution >= 0.6 is 0 Å². The Morgan fingerprint density at radius 3 is 2.40 bits per heavy atom. The van der Waals surface area contributed by atoms with Crippen molar-refractivity contribution >= 4 is 17.8 Å². The fourth-order valence-corrected chi connectivity index (χ4v) is 4.00. The van der Waals surface area contributed by atoms with Crippen molar-refractivity contribution in [1.82, 2.24) is 10.2 Å². The maximum absolute atomic E-state index is 12.7. The van der Waals surface area contributed by atoms with Crippen molar-refractivity contribution in [3.05, 3.63) is 0 Å². The lowest BCUT2D eigenvalue weighted by molar-refractivity contribution is -0.160. The molecule has 4 amide bonds. The third-order valence-electron chi connectivity index (χ3n) is 5.43. The Kier molecular flexibility index (Phi) is 3.10. The van der Waals surface area contributed by atoms with Crippen LogP contribution in [0.15, 0.2) is 0 Å². The number of carbonyl (C=O) groups excluding carboxylic acids is 3. The molecule has 0 bridgehead atoms. The number of rotatable bonds is 1. The number of nitrogens with zero attached hydrogens (tertiary/aromatic N) is 1. The van der Waals surface area contributed by atoms with Crippen molar-refractivity contribution in [2.45, 2.75) is 58.4 Å². The highest BCUT2D eigenvalue weighted by Crippen LogP contribution is 2.46. The van der Waals surface area contributed by atoms with E-state index in [2.05, 4.69) is 19.2 Å². The molecule has 1 saturated heterocycles. The Labute approximate surface area is 119 Å². The third kappa shape index (κ3) is 1.79. The molecule has 3 aliphatic rings. The molecule has 0 aromatic heterocycles. The molecule has 0 aromatic rings. The quantitative estimate of drug-likeness (QED) is 0.747. The van der Waals surface area contributed by atoms with E-state index in [1.165, 1.54) is 4.90 Å². The van der Waals surface area contributed by atoms with Gasteiger partial charge < -0.3 is 0 Å². The molecule has 3 fully saturated rings. The second-order valence-corrected chi connectivity index (χ2v) is 6.83. The van der Waals surface area contributed by atoms with Crippen molar-refractivity contribution in [2.24, 2.45) is 17.3 Å². The van der Waals surface area contributed by atoms with Gasteiger partial charge in [0.05, 0.1) is 0 Å². The zero-order valence-corrected chi connectivity index (χ0v) is 12.1. The Hall–Kier alpha value is -1.39. The molecule has 1 heterocycles. The van der Waals surface area contributed by atoms with Crippen LogP contribution in [0.1, 0.15) is 52.4 Å². The second kappa shape index (κ2) is 4.57. The fourth-order valence-electron chi connectivity index (χ4n) is 4.00. The van der Waals surface area contributed by atoms with Crippen LogP contribution in [-0.2, 0) is 9.59 Å². The van der Waals surface area contributed by atoms with Gasteiger partial charge in [0.25, 0.3) is 0 Å². The number of urea groups is 1. The van der Waals surface area contributed by atoms with Gasteiger partial charge in [0.15, 0.2) is 0 Å². The van der Waals surface area contributed by atoms with Crippen LogP contribution in [0.3, 0.4) is 0 Å². The minimum Gasteiger partial charge on any atom is -0.277 e. The molecule has 0 radical (unpaired) electrons. The van der Waals surface area contributed by atoms with Gasteiger partial charge >= 0.3 is 6.03 Å². The van der Waals surface area contributed by atoms with Gasteiger partial charge in [-0.3, -0.25) is 19.8 Å². The average Bonchev–Trinajstić information content (AvgIpc) is 2.29. The molecule has 5 nitrogen and oxygen atoms in total. The predicted molar refractivity (Wildman–Crippen MR) is 72.6 cm³/mol. The van der Waals surface area contributed by atoms with Gasteiger partial charge in [0, 0.05) is 6.04 Å². The summed E-state index contributed by atoms with van der Waals surface area (Å²) in [6.45, 7) is 4.31. The molecular formula is C15H22N2O3. The molecule has 5 heteroatoms. The highest BCUT2D eigenvalue weighted by Gasteiger charge is 2.58. The molecule has 1 N–H and O–H groups in total. The van der Waals surface area contributed by atoms with E-state index in [0.717, 1.165) is 25.7 Å². The highest BCUT2D eigenvalue weighted by atomic mass is 16.2. The zero-order chi connectivity index (χ0) is 14.5. The molecule has 1 aliphatic heterocycles. The Balaban J connectivity index is 1.86. The van der Waals surface area contributed by atoms with Gasteiger partial charge in [0.2, 0.25) is 11.8 Å². The van der Waals surface area contributed by atoms with E-state index in [-0.39, 0.29) is 17.9 Å². The summed E-state index contributed by atoms with van der Waals surface area (Å²) >= 11 is 0. The topological polar surface area (TPSA) is 66.5 Å². The lowest BCUT2D eigenvalue weighted by Crippen LogP contribution is -2.69. The van der Waals surface area contributed by atoms with E-state index in [1.54, 1.807) is 0 Å². The number of imide groups is 2. The first-order valence-corrected chi connectivity index (χ1v) is 7.65. The Morgan fingerprint density at radius 2 is 1.85 bits per heavy atom. The van der Waals surface area contributed by atoms with E-state index >= 15 is 0 Å². The summed E-state index contributed by atoms with van der Waals surface area (Å²) in [6, 6.07) is -0.562. The largest absolute Gasteiger partial charge is 0.331 e. The second-order valence-electron chi connectivity index (χ2n) is 6.83. The normalized spacial score (nSPS) is 36.8. The average molecular weight is 278 g/mol. The monoisotopic (exact) mass is 278 g/mol. The Morgan fingerprint density at radius 1 is 1.15 bits per heavy atom. The van der Waals surface area contributed by atoms with Gasteiger partial charge in [-0.1, -0.05) is 20.3 Å². The van der Waals surface area contributed by atoms with Gasteiger partial charge in [0.1, 0.15) is 5.41 Å². The zero-order valence-electron chi connectivity index (χ0n) is 12.1. The van der Waals surface area contributed by atoms with Crippen molar-refractivity contribution in [3.63, 3.8) is 0 Å². The number of barbiturate groups is 1. The van der Waals surface area contributed by atoms with E-state index in [4.69, 9.17) is 0 Å². The van der Waals surface area contributed by atoms with E-state index in [0.29, 0.717) is 24.7 Å². The maximum atomic E-state index is 12.7. The molecule has 20 heavy (non-hydrogen) atoms. The van der Waals surface area contributed by atoms with Gasteiger partial charge in [-0.05, 0) is 43.9 Å². The van der Waals surface area contributed by atoms with Gasteiger partial charge in [-0.2, -0.15) is 0 Å². The van der Waals surface area contributed by atoms with Gasteiger partial charge in [-0.15, -0.1) is 0 Å². The van der Waals surface area contributed by atoms with Crippen LogP contribution in [0.5, 0.6) is 0 Å². The summed E-state index contributed by atoms with van der Waals surface area (Å²) in [7, 11) is 0. The first-order valence-electron chi connectivity index (χ1n) is 7.65. The molecule has 110 valence electrons. The summed E-state index contributed by atoms with van der Waals surface area (Å²) in [6.07, 6.45) is 4.97. The van der Waals surface area contributed by atoms with Crippen LogP contribution in [0.25, 0.3) is 0 Å². The molecule has 2 saturated carbocycles. The van der Waals surface area contributed by atoms with Crippen molar-refractivity contribution < 1.29 is 14.4 Å². The van der Waals surface area contributed by atoms with Crippen molar-refractivity contribution in [2.75, 3.05) is 0 Å². The standard InChI is InChI=1S/C15H22N2O3/c1-9-4-5-11(10(2)8-9)17-13(19)15(6-3-7-15)12(18)16-14(17)20/h9-11H,3-8H2,1-2H3,(H,16,18,20). The maximum Gasteiger partial charge on any atom is 0.331 e. The minimum atomic E-state index is -0.934. The predicted octanol–water partition coefficient (Wildman–Crippen LogP) is 2.06. The lowest BCUT2D eigenvalue weighted by Gasteiger charge is -2.49. The molecule has 1 spiro atoms. The number of hydrogen-bond donors (Lipinski definition) is 1. The summed E-state index contributed by atoms with van der Waals surface area (Å²) in [5.41, 5.74) is -0.934. The Bertz CT molecular complexity index is 470. The molecular weight excluding hydrogens is 256 g/mol. The van der Waals surface area contributed by atoms with Gasteiger partial charge in [-0.25, -0.2) is 4.79 Å². The van der Waals surface area contributed by atoms with E-state index < -0.39 is 11.4 Å². The summed E-state index contributed by atoms with van der Waals surface area (Å²) in [4.78, 5) is 38.2. The molecule has 3 atom stereocenters.